The maximum absolute atomic E-state index is 13.6. The molecule has 1 nitrogen and oxygen atoms in total. The van der Waals surface area contributed by atoms with E-state index in [1.54, 1.807) is 11.3 Å². The van der Waals surface area contributed by atoms with Crippen LogP contribution in [0.2, 0.25) is 19.6 Å². The molecule has 0 amide bonds. The van der Waals surface area contributed by atoms with Gasteiger partial charge in [0, 0.05) is 19.0 Å². The van der Waals surface area contributed by atoms with Gasteiger partial charge in [0.1, 0.15) is 5.82 Å². The molecule has 0 saturated heterocycles. The molecule has 8 rings (SSSR count). The minimum Gasteiger partial charge on any atom is -0.304 e. The number of fused-ring (bicyclic) bond motifs is 5. The minimum atomic E-state index is -1.20. The zero-order valence-corrected chi connectivity index (χ0v) is 35.5. The van der Waals surface area contributed by atoms with Crippen molar-refractivity contribution in [3.8, 4) is 33.5 Å². The van der Waals surface area contributed by atoms with E-state index in [0.29, 0.717) is 0 Å². The van der Waals surface area contributed by atoms with Crippen LogP contribution in [0.15, 0.2) is 121 Å². The molecule has 5 heteroatoms. The Hall–Kier alpha value is -4.25. The fourth-order valence-electron chi connectivity index (χ4n) is 6.64. The molecule has 0 N–H and O–H groups in total. The van der Waals surface area contributed by atoms with Crippen LogP contribution in [0.25, 0.3) is 64.5 Å². The van der Waals surface area contributed by atoms with Crippen molar-refractivity contribution in [2.24, 2.45) is 5.41 Å². The Labute approximate surface area is 332 Å². The monoisotopic (exact) mass is 905 g/mol. The van der Waals surface area contributed by atoms with Crippen molar-refractivity contribution < 1.29 is 24.5 Å². The zero-order valence-electron chi connectivity index (χ0n) is 31.3. The van der Waals surface area contributed by atoms with E-state index < -0.39 is 8.07 Å². The molecule has 6 aromatic carbocycles. The summed E-state index contributed by atoms with van der Waals surface area (Å²) in [6.07, 6.45) is 3.00. The van der Waals surface area contributed by atoms with Crippen molar-refractivity contribution in [1.29, 1.82) is 0 Å². The molecule has 266 valence electrons. The first-order valence-corrected chi connectivity index (χ1v) is 22.2. The van der Waals surface area contributed by atoms with Gasteiger partial charge in [0.05, 0.1) is 0 Å². The fraction of sp³-hybridized carbons (Fsp3) is 0.188. The van der Waals surface area contributed by atoms with Crippen molar-refractivity contribution >= 4 is 55.5 Å². The molecule has 8 aromatic rings. The van der Waals surface area contributed by atoms with Gasteiger partial charge in [-0.05, 0) is 74.1 Å². The number of nitrogens with zero attached hydrogens (tertiary/aromatic N) is 1. The van der Waals surface area contributed by atoms with Crippen LogP contribution < -0.4 is 5.19 Å². The van der Waals surface area contributed by atoms with Gasteiger partial charge in [0.25, 0.3) is 0 Å². The van der Waals surface area contributed by atoms with E-state index in [1.165, 1.54) is 54.7 Å². The Morgan fingerprint density at radius 1 is 0.736 bits per heavy atom. The Morgan fingerprint density at radius 2 is 1.43 bits per heavy atom. The van der Waals surface area contributed by atoms with Crippen molar-refractivity contribution in [3.05, 3.63) is 157 Å². The Balaban J connectivity index is 0.000000238. The molecule has 0 fully saturated rings. The van der Waals surface area contributed by atoms with Crippen LogP contribution in [0.3, 0.4) is 0 Å². The van der Waals surface area contributed by atoms with E-state index in [9.17, 15) is 4.39 Å². The molecule has 0 aliphatic heterocycles. The standard InChI is InChI=1S/C33H27FNS.C15H16Si.Ir/c1-20-19-35-30(15-23(20)18-33(2,3)4)22-11-14-26-29-17-28(21-9-12-24(34)13-10-21)25-7-5-6-8-27(25)32(29)36-31(26)16-22;1-16(2,3)15-11-9-14(10-12-15)13-7-5-4-6-8-13;/h5-15,17,19H,18H2,1-4H3;4-7,9,11-12H,1-3H3;/q-1;-2;+3. The average Bonchev–Trinajstić information content (AvgIpc) is 3.50. The molecular weight excluding hydrogens is 862 g/mol. The summed E-state index contributed by atoms with van der Waals surface area (Å²) in [6.45, 7) is 16.0. The van der Waals surface area contributed by atoms with E-state index in [2.05, 4.69) is 138 Å². The molecule has 0 aliphatic rings. The molecule has 2 aromatic heterocycles. The van der Waals surface area contributed by atoms with Gasteiger partial charge in [-0.25, -0.2) is 15.5 Å². The number of benzene rings is 6. The summed E-state index contributed by atoms with van der Waals surface area (Å²) in [6, 6.07) is 48.9. The molecule has 0 atom stereocenters. The summed E-state index contributed by atoms with van der Waals surface area (Å²) < 4.78 is 16.0. The van der Waals surface area contributed by atoms with Crippen molar-refractivity contribution in [2.75, 3.05) is 0 Å². The van der Waals surface area contributed by atoms with E-state index >= 15 is 0 Å². The van der Waals surface area contributed by atoms with Gasteiger partial charge < -0.3 is 4.98 Å². The number of rotatable bonds is 5. The predicted molar refractivity (Wildman–Crippen MR) is 225 cm³/mol. The van der Waals surface area contributed by atoms with Crippen LogP contribution in [0.5, 0.6) is 0 Å². The number of hydrogen-bond donors (Lipinski definition) is 0. The SMILES string of the molecule is C[Si](C)(C)c1c[c-]c(-c2[c-]cccc2)cc1.Cc1cnc(-c2[c-]c3sc4c5ccccc5c(-c5ccc(F)cc5)cc4c3cc2)cc1CC(C)(C)C.[Ir+3]. The van der Waals surface area contributed by atoms with Gasteiger partial charge in [0.2, 0.25) is 0 Å². The van der Waals surface area contributed by atoms with Gasteiger partial charge in [-0.3, -0.25) is 0 Å². The second-order valence-electron chi connectivity index (χ2n) is 15.8. The largest absolute Gasteiger partial charge is 3.00 e. The number of aryl methyl sites for hydroxylation is 1. The van der Waals surface area contributed by atoms with Gasteiger partial charge in [-0.15, -0.1) is 35.0 Å². The smallest absolute Gasteiger partial charge is 0.304 e. The van der Waals surface area contributed by atoms with Crippen molar-refractivity contribution in [3.63, 3.8) is 0 Å². The average molecular weight is 905 g/mol. The van der Waals surface area contributed by atoms with Crippen LogP contribution in [0, 0.1) is 36.4 Å². The molecule has 53 heavy (non-hydrogen) atoms. The number of aromatic nitrogens is 1. The second kappa shape index (κ2) is 15.6. The van der Waals surface area contributed by atoms with Crippen LogP contribution in [-0.4, -0.2) is 13.1 Å². The third-order valence-electron chi connectivity index (χ3n) is 9.44. The van der Waals surface area contributed by atoms with Gasteiger partial charge in [0.15, 0.2) is 0 Å². The molecule has 0 bridgehead atoms. The topological polar surface area (TPSA) is 12.9 Å². The van der Waals surface area contributed by atoms with Gasteiger partial charge >= 0.3 is 20.1 Å². The predicted octanol–water partition coefficient (Wildman–Crippen LogP) is 13.3. The number of pyridine rings is 1. The Morgan fingerprint density at radius 3 is 2.09 bits per heavy atom. The van der Waals surface area contributed by atoms with Crippen LogP contribution in [0.4, 0.5) is 4.39 Å². The summed E-state index contributed by atoms with van der Waals surface area (Å²) in [5, 5.41) is 6.24. The van der Waals surface area contributed by atoms with E-state index in [4.69, 9.17) is 4.98 Å². The minimum absolute atomic E-state index is 0. The van der Waals surface area contributed by atoms with Crippen LogP contribution >= 0.6 is 11.3 Å². The number of halogens is 1. The van der Waals surface area contributed by atoms with Crippen molar-refractivity contribution in [2.45, 2.75) is 53.8 Å². The quantitative estimate of drug-likeness (QED) is 0.124. The Bertz CT molecular complexity index is 2510. The van der Waals surface area contributed by atoms with E-state index in [0.717, 1.165) is 44.6 Å². The summed E-state index contributed by atoms with van der Waals surface area (Å²) >= 11 is 1.78. The third-order valence-corrected chi connectivity index (χ3v) is 12.7. The van der Waals surface area contributed by atoms with E-state index in [1.807, 2.05) is 36.5 Å². The molecule has 0 radical (unpaired) electrons. The molecule has 0 aliphatic carbocycles. The van der Waals surface area contributed by atoms with Crippen LogP contribution in [-0.2, 0) is 26.5 Å². The second-order valence-corrected chi connectivity index (χ2v) is 21.9. The summed E-state index contributed by atoms with van der Waals surface area (Å²) in [5.74, 6) is -0.220. The number of hydrogen-bond acceptors (Lipinski definition) is 2. The summed E-state index contributed by atoms with van der Waals surface area (Å²) in [5.41, 5.74) is 9.16. The first-order chi connectivity index (χ1) is 24.8. The molecule has 0 unspecified atom stereocenters. The third kappa shape index (κ3) is 8.61. The van der Waals surface area contributed by atoms with Gasteiger partial charge in [-0.2, -0.15) is 59.9 Å². The maximum Gasteiger partial charge on any atom is 3.00 e. The summed E-state index contributed by atoms with van der Waals surface area (Å²) in [4.78, 5) is 4.75. The summed E-state index contributed by atoms with van der Waals surface area (Å²) in [7, 11) is -1.20. The van der Waals surface area contributed by atoms with Crippen LogP contribution in [0.1, 0.15) is 31.9 Å². The molecule has 2 heterocycles. The Kier molecular flexibility index (Phi) is 11.3. The maximum atomic E-state index is 13.6. The van der Waals surface area contributed by atoms with Gasteiger partial charge in [-0.1, -0.05) is 99.9 Å². The fourth-order valence-corrected chi connectivity index (χ4v) is 8.95. The number of thiophene rings is 1. The molecule has 0 saturated carbocycles. The molecule has 0 spiro atoms. The first kappa shape index (κ1) is 38.5. The van der Waals surface area contributed by atoms with E-state index in [-0.39, 0.29) is 31.3 Å². The van der Waals surface area contributed by atoms with Crippen molar-refractivity contribution in [1.82, 2.24) is 4.98 Å². The first-order valence-electron chi connectivity index (χ1n) is 17.9. The molecular formula is C48H43FIrNSSi. The normalized spacial score (nSPS) is 11.7. The zero-order chi connectivity index (χ0) is 36.6.